The van der Waals surface area contributed by atoms with Gasteiger partial charge < -0.3 is 10.6 Å². The Morgan fingerprint density at radius 3 is 2.25 bits per heavy atom. The summed E-state index contributed by atoms with van der Waals surface area (Å²) in [6.07, 6.45) is 0. The number of para-hydroxylation sites is 1. The number of rotatable bonds is 4. The Morgan fingerprint density at radius 1 is 0.833 bits per heavy atom. The third-order valence-electron chi connectivity index (χ3n) is 3.67. The van der Waals surface area contributed by atoms with E-state index in [-0.39, 0.29) is 0 Å². The molecular formula is C19H19BrN4. The molecule has 4 nitrogen and oxygen atoms in total. The number of hydrogen-bond acceptors (Lipinski definition) is 4. The van der Waals surface area contributed by atoms with E-state index in [2.05, 4.69) is 62.5 Å². The molecule has 0 aliphatic rings. The van der Waals surface area contributed by atoms with Gasteiger partial charge in [0.15, 0.2) is 0 Å². The number of aryl methyl sites for hydroxylation is 3. The summed E-state index contributed by atoms with van der Waals surface area (Å²) in [6.45, 7) is 6.11. The maximum absolute atomic E-state index is 4.59. The fraction of sp³-hybridized carbons (Fsp3) is 0.158. The van der Waals surface area contributed by atoms with E-state index in [9.17, 15) is 0 Å². The van der Waals surface area contributed by atoms with Crippen molar-refractivity contribution in [2.24, 2.45) is 0 Å². The Morgan fingerprint density at radius 2 is 1.54 bits per heavy atom. The van der Waals surface area contributed by atoms with E-state index in [0.29, 0.717) is 5.95 Å². The molecule has 0 saturated carbocycles. The molecule has 2 N–H and O–H groups in total. The third-order valence-corrected chi connectivity index (χ3v) is 4.16. The van der Waals surface area contributed by atoms with Crippen LogP contribution in [0, 0.1) is 20.8 Å². The molecular weight excluding hydrogens is 364 g/mol. The van der Waals surface area contributed by atoms with Crippen LogP contribution in [0.5, 0.6) is 0 Å². The second kappa shape index (κ2) is 7.01. The molecule has 5 heteroatoms. The van der Waals surface area contributed by atoms with E-state index >= 15 is 0 Å². The highest BCUT2D eigenvalue weighted by atomic mass is 79.9. The number of anilines is 4. The molecule has 1 aromatic heterocycles. The normalized spacial score (nSPS) is 10.5. The van der Waals surface area contributed by atoms with E-state index in [1.165, 1.54) is 11.1 Å². The summed E-state index contributed by atoms with van der Waals surface area (Å²) in [4.78, 5) is 9.09. The molecule has 3 aromatic rings. The lowest BCUT2D eigenvalue weighted by atomic mass is 10.1. The number of nitrogens with one attached hydrogen (secondary N) is 2. The highest BCUT2D eigenvalue weighted by Crippen LogP contribution is 2.25. The van der Waals surface area contributed by atoms with Gasteiger partial charge in [-0.15, -0.1) is 0 Å². The van der Waals surface area contributed by atoms with Crippen molar-refractivity contribution in [1.82, 2.24) is 9.97 Å². The number of halogens is 1. The average Bonchev–Trinajstić information content (AvgIpc) is 2.50. The first-order chi connectivity index (χ1) is 11.5. The minimum absolute atomic E-state index is 0.588. The first-order valence-corrected chi connectivity index (χ1v) is 8.52. The Balaban J connectivity index is 1.89. The van der Waals surface area contributed by atoms with Crippen molar-refractivity contribution in [2.75, 3.05) is 10.6 Å². The molecule has 2 aromatic carbocycles. The zero-order chi connectivity index (χ0) is 17.1. The Kier molecular flexibility index (Phi) is 4.81. The molecule has 3 rings (SSSR count). The molecule has 0 aliphatic carbocycles. The summed E-state index contributed by atoms with van der Waals surface area (Å²) in [5.74, 6) is 1.35. The lowest BCUT2D eigenvalue weighted by Gasteiger charge is -2.13. The van der Waals surface area contributed by atoms with Gasteiger partial charge >= 0.3 is 0 Å². The number of aromatic nitrogens is 2. The maximum Gasteiger partial charge on any atom is 0.229 e. The van der Waals surface area contributed by atoms with Crippen LogP contribution in [0.25, 0.3) is 0 Å². The number of nitrogens with zero attached hydrogens (tertiary/aromatic N) is 2. The smallest absolute Gasteiger partial charge is 0.229 e. The van der Waals surface area contributed by atoms with Gasteiger partial charge in [0.2, 0.25) is 5.95 Å². The van der Waals surface area contributed by atoms with Crippen LogP contribution in [0.3, 0.4) is 0 Å². The van der Waals surface area contributed by atoms with Crippen molar-refractivity contribution in [2.45, 2.75) is 20.8 Å². The summed E-state index contributed by atoms with van der Waals surface area (Å²) in [6, 6.07) is 16.1. The summed E-state index contributed by atoms with van der Waals surface area (Å²) < 4.78 is 1.02. The summed E-state index contributed by atoms with van der Waals surface area (Å²) in [5.41, 5.74) is 5.26. The minimum atomic E-state index is 0.588. The summed E-state index contributed by atoms with van der Waals surface area (Å²) in [5, 5.41) is 6.67. The summed E-state index contributed by atoms with van der Waals surface area (Å²) >= 11 is 3.48. The first-order valence-electron chi connectivity index (χ1n) is 7.73. The van der Waals surface area contributed by atoms with Crippen molar-refractivity contribution in [3.8, 4) is 0 Å². The Labute approximate surface area is 150 Å². The monoisotopic (exact) mass is 382 g/mol. The minimum Gasteiger partial charge on any atom is -0.340 e. The van der Waals surface area contributed by atoms with Gasteiger partial charge in [-0.05, 0) is 50.1 Å². The molecule has 0 aliphatic heterocycles. The Hall–Kier alpha value is -2.40. The zero-order valence-electron chi connectivity index (χ0n) is 13.9. The van der Waals surface area contributed by atoms with E-state index < -0.39 is 0 Å². The van der Waals surface area contributed by atoms with Crippen LogP contribution in [-0.2, 0) is 0 Å². The molecule has 0 bridgehead atoms. The molecule has 0 spiro atoms. The SMILES string of the molecule is Cc1cc(Nc2cccc(Br)c2)nc(Nc2c(C)cccc2C)n1. The van der Waals surface area contributed by atoms with Crippen molar-refractivity contribution >= 4 is 39.1 Å². The van der Waals surface area contributed by atoms with Gasteiger partial charge in [-0.3, -0.25) is 0 Å². The van der Waals surface area contributed by atoms with Crippen molar-refractivity contribution < 1.29 is 0 Å². The van der Waals surface area contributed by atoms with Gasteiger partial charge in [0.05, 0.1) is 0 Å². The van der Waals surface area contributed by atoms with Crippen molar-refractivity contribution in [3.05, 3.63) is 69.8 Å². The topological polar surface area (TPSA) is 49.8 Å². The second-order valence-corrected chi connectivity index (χ2v) is 6.66. The van der Waals surface area contributed by atoms with Crippen LogP contribution in [0.4, 0.5) is 23.1 Å². The lowest BCUT2D eigenvalue weighted by molar-refractivity contribution is 1.10. The molecule has 122 valence electrons. The quantitative estimate of drug-likeness (QED) is 0.611. The van der Waals surface area contributed by atoms with E-state index in [1.807, 2.05) is 43.3 Å². The average molecular weight is 383 g/mol. The molecule has 24 heavy (non-hydrogen) atoms. The van der Waals surface area contributed by atoms with Gasteiger partial charge in [0.1, 0.15) is 5.82 Å². The molecule has 0 unspecified atom stereocenters. The molecule has 0 saturated heterocycles. The molecule has 0 radical (unpaired) electrons. The van der Waals surface area contributed by atoms with Crippen LogP contribution in [0.15, 0.2) is 53.0 Å². The standard InChI is InChI=1S/C19H19BrN4/c1-12-6-4-7-13(2)18(12)24-19-21-14(3)10-17(23-19)22-16-9-5-8-15(20)11-16/h4-11H,1-3H3,(H2,21,22,23,24). The van der Waals surface area contributed by atoms with Gasteiger partial charge in [0, 0.05) is 27.6 Å². The van der Waals surface area contributed by atoms with E-state index in [1.54, 1.807) is 0 Å². The van der Waals surface area contributed by atoms with Gasteiger partial charge in [-0.2, -0.15) is 4.98 Å². The summed E-state index contributed by atoms with van der Waals surface area (Å²) in [7, 11) is 0. The van der Waals surface area contributed by atoms with Crippen LogP contribution in [0.2, 0.25) is 0 Å². The molecule has 1 heterocycles. The maximum atomic E-state index is 4.59. The van der Waals surface area contributed by atoms with Gasteiger partial charge in [-0.1, -0.05) is 40.2 Å². The first kappa shape index (κ1) is 16.5. The van der Waals surface area contributed by atoms with Gasteiger partial charge in [0.25, 0.3) is 0 Å². The van der Waals surface area contributed by atoms with Gasteiger partial charge in [-0.25, -0.2) is 4.98 Å². The van der Waals surface area contributed by atoms with E-state index in [0.717, 1.165) is 27.4 Å². The molecule has 0 fully saturated rings. The predicted molar refractivity (Wildman–Crippen MR) is 103 cm³/mol. The lowest BCUT2D eigenvalue weighted by Crippen LogP contribution is -2.04. The third kappa shape index (κ3) is 3.92. The fourth-order valence-corrected chi connectivity index (χ4v) is 2.93. The highest BCUT2D eigenvalue weighted by Gasteiger charge is 2.07. The number of hydrogen-bond donors (Lipinski definition) is 2. The molecule has 0 atom stereocenters. The van der Waals surface area contributed by atoms with Crippen LogP contribution in [0.1, 0.15) is 16.8 Å². The van der Waals surface area contributed by atoms with Crippen molar-refractivity contribution in [3.63, 3.8) is 0 Å². The van der Waals surface area contributed by atoms with Crippen molar-refractivity contribution in [1.29, 1.82) is 0 Å². The zero-order valence-corrected chi connectivity index (χ0v) is 15.5. The van der Waals surface area contributed by atoms with E-state index in [4.69, 9.17) is 0 Å². The van der Waals surface area contributed by atoms with Crippen LogP contribution in [-0.4, -0.2) is 9.97 Å². The highest BCUT2D eigenvalue weighted by molar-refractivity contribution is 9.10. The predicted octanol–water partition coefficient (Wildman–Crippen LogP) is 5.65. The largest absolute Gasteiger partial charge is 0.340 e. The Bertz CT molecular complexity index is 857. The van der Waals surface area contributed by atoms with Crippen LogP contribution < -0.4 is 10.6 Å². The molecule has 0 amide bonds. The fourth-order valence-electron chi connectivity index (χ4n) is 2.53. The second-order valence-electron chi connectivity index (χ2n) is 5.75. The number of benzene rings is 2. The van der Waals surface area contributed by atoms with Crippen LogP contribution >= 0.6 is 15.9 Å².